The molecule has 2 N–H and O–H groups in total. The zero-order chi connectivity index (χ0) is 14.4. The van der Waals surface area contributed by atoms with Gasteiger partial charge in [-0.15, -0.1) is 11.8 Å². The average molecular weight is 288 g/mol. The minimum atomic E-state index is -0.377. The highest BCUT2D eigenvalue weighted by atomic mass is 32.2. The van der Waals surface area contributed by atoms with Crippen LogP contribution in [0.25, 0.3) is 0 Å². The van der Waals surface area contributed by atoms with E-state index in [0.717, 1.165) is 23.3 Å². The summed E-state index contributed by atoms with van der Waals surface area (Å²) in [7, 11) is 0. The van der Waals surface area contributed by atoms with E-state index in [1.165, 1.54) is 4.90 Å². The SMILES string of the molecule is NCc1ccc(SCCc2ccc([N+](=O)[O-])cc2)cc1. The first-order chi connectivity index (χ1) is 9.69. The molecule has 0 aliphatic heterocycles. The van der Waals surface area contributed by atoms with E-state index in [2.05, 4.69) is 12.1 Å². The van der Waals surface area contributed by atoms with E-state index in [1.807, 2.05) is 24.3 Å². The number of nitrogens with two attached hydrogens (primary N) is 1. The zero-order valence-corrected chi connectivity index (χ0v) is 11.8. The molecule has 0 spiro atoms. The maximum absolute atomic E-state index is 10.6. The fraction of sp³-hybridized carbons (Fsp3) is 0.200. The quantitative estimate of drug-likeness (QED) is 0.502. The van der Waals surface area contributed by atoms with Crippen LogP contribution in [0.15, 0.2) is 53.4 Å². The van der Waals surface area contributed by atoms with Crippen molar-refractivity contribution in [3.8, 4) is 0 Å². The highest BCUT2D eigenvalue weighted by Crippen LogP contribution is 2.20. The van der Waals surface area contributed by atoms with Crippen LogP contribution in [0.2, 0.25) is 0 Å². The van der Waals surface area contributed by atoms with E-state index in [-0.39, 0.29) is 10.6 Å². The van der Waals surface area contributed by atoms with Crippen LogP contribution >= 0.6 is 11.8 Å². The standard InChI is InChI=1S/C15H16N2O2S/c16-11-13-3-7-15(8-4-13)20-10-9-12-1-5-14(6-2-12)17(18)19/h1-8H,9-11,16H2. The van der Waals surface area contributed by atoms with Gasteiger partial charge in [0.25, 0.3) is 5.69 Å². The van der Waals surface area contributed by atoms with Crippen LogP contribution in [0.3, 0.4) is 0 Å². The summed E-state index contributed by atoms with van der Waals surface area (Å²) in [5.41, 5.74) is 7.93. The van der Waals surface area contributed by atoms with E-state index in [1.54, 1.807) is 23.9 Å². The molecule has 0 saturated carbocycles. The molecule has 0 amide bonds. The molecule has 2 rings (SSSR count). The first kappa shape index (κ1) is 14.6. The third-order valence-corrected chi connectivity index (χ3v) is 3.98. The number of hydrogen-bond acceptors (Lipinski definition) is 4. The van der Waals surface area contributed by atoms with Gasteiger partial charge in [0.2, 0.25) is 0 Å². The minimum Gasteiger partial charge on any atom is -0.326 e. The van der Waals surface area contributed by atoms with Crippen LogP contribution in [0.5, 0.6) is 0 Å². The molecule has 0 unspecified atom stereocenters. The number of thioether (sulfide) groups is 1. The van der Waals surface area contributed by atoms with E-state index >= 15 is 0 Å². The Morgan fingerprint density at radius 3 is 2.15 bits per heavy atom. The molecule has 20 heavy (non-hydrogen) atoms. The summed E-state index contributed by atoms with van der Waals surface area (Å²) in [5, 5.41) is 10.6. The predicted molar refractivity (Wildman–Crippen MR) is 81.9 cm³/mol. The third kappa shape index (κ3) is 4.08. The van der Waals surface area contributed by atoms with Crippen LogP contribution in [0, 0.1) is 10.1 Å². The maximum atomic E-state index is 10.6. The molecule has 0 atom stereocenters. The maximum Gasteiger partial charge on any atom is 0.269 e. The van der Waals surface area contributed by atoms with Gasteiger partial charge in [0, 0.05) is 29.3 Å². The highest BCUT2D eigenvalue weighted by Gasteiger charge is 2.03. The third-order valence-electron chi connectivity index (χ3n) is 2.97. The van der Waals surface area contributed by atoms with Gasteiger partial charge in [-0.05, 0) is 29.7 Å². The van der Waals surface area contributed by atoms with Crippen molar-refractivity contribution in [3.63, 3.8) is 0 Å². The smallest absolute Gasteiger partial charge is 0.269 e. The monoisotopic (exact) mass is 288 g/mol. The molecule has 5 heteroatoms. The molecule has 2 aromatic carbocycles. The molecule has 0 heterocycles. The van der Waals surface area contributed by atoms with Crippen LogP contribution in [-0.2, 0) is 13.0 Å². The first-order valence-electron chi connectivity index (χ1n) is 6.34. The van der Waals surface area contributed by atoms with Gasteiger partial charge in [0.15, 0.2) is 0 Å². The molecular formula is C15H16N2O2S. The van der Waals surface area contributed by atoms with Crippen molar-refractivity contribution in [2.24, 2.45) is 5.73 Å². The lowest BCUT2D eigenvalue weighted by atomic mass is 10.1. The fourth-order valence-corrected chi connectivity index (χ4v) is 2.69. The Balaban J connectivity index is 1.84. The Morgan fingerprint density at radius 1 is 1.00 bits per heavy atom. The molecular weight excluding hydrogens is 272 g/mol. The van der Waals surface area contributed by atoms with Gasteiger partial charge in [-0.1, -0.05) is 24.3 Å². The molecule has 0 fully saturated rings. The van der Waals surface area contributed by atoms with Crippen molar-refractivity contribution in [2.75, 3.05) is 5.75 Å². The van der Waals surface area contributed by atoms with E-state index in [9.17, 15) is 10.1 Å². The summed E-state index contributed by atoms with van der Waals surface area (Å²) in [4.78, 5) is 11.4. The number of non-ortho nitro benzene ring substituents is 1. The molecule has 0 aromatic heterocycles. The lowest BCUT2D eigenvalue weighted by Gasteiger charge is -2.03. The number of benzene rings is 2. The summed E-state index contributed by atoms with van der Waals surface area (Å²) in [6, 6.07) is 15.0. The molecule has 4 nitrogen and oxygen atoms in total. The van der Waals surface area contributed by atoms with E-state index < -0.39 is 0 Å². The van der Waals surface area contributed by atoms with Crippen molar-refractivity contribution in [3.05, 3.63) is 69.8 Å². The topological polar surface area (TPSA) is 69.2 Å². The molecule has 0 aliphatic rings. The van der Waals surface area contributed by atoms with Crippen molar-refractivity contribution < 1.29 is 4.92 Å². The summed E-state index contributed by atoms with van der Waals surface area (Å²) < 4.78 is 0. The Bertz CT molecular complexity index is 567. The van der Waals surface area contributed by atoms with Crippen molar-refractivity contribution in [1.82, 2.24) is 0 Å². The second-order valence-corrected chi connectivity index (χ2v) is 5.54. The molecule has 0 saturated heterocycles. The largest absolute Gasteiger partial charge is 0.326 e. The lowest BCUT2D eigenvalue weighted by molar-refractivity contribution is -0.384. The highest BCUT2D eigenvalue weighted by molar-refractivity contribution is 7.99. The predicted octanol–water partition coefficient (Wildman–Crippen LogP) is 3.39. The lowest BCUT2D eigenvalue weighted by Crippen LogP contribution is -1.95. The number of nitro groups is 1. The van der Waals surface area contributed by atoms with Crippen LogP contribution in [0.1, 0.15) is 11.1 Å². The number of nitro benzene ring substituents is 1. The summed E-state index contributed by atoms with van der Waals surface area (Å²) in [5.74, 6) is 0.944. The Labute approximate surface area is 122 Å². The first-order valence-corrected chi connectivity index (χ1v) is 7.33. The van der Waals surface area contributed by atoms with Crippen molar-refractivity contribution >= 4 is 17.4 Å². The van der Waals surface area contributed by atoms with Gasteiger partial charge < -0.3 is 5.73 Å². The average Bonchev–Trinajstić information content (AvgIpc) is 2.48. The van der Waals surface area contributed by atoms with Gasteiger partial charge >= 0.3 is 0 Å². The molecule has 2 aromatic rings. The summed E-state index contributed by atoms with van der Waals surface area (Å²) in [6.07, 6.45) is 0.890. The van der Waals surface area contributed by atoms with E-state index in [4.69, 9.17) is 5.73 Å². The molecule has 0 aliphatic carbocycles. The molecule has 0 radical (unpaired) electrons. The Kier molecular flexibility index (Phi) is 5.15. The van der Waals surface area contributed by atoms with E-state index in [0.29, 0.717) is 6.54 Å². The van der Waals surface area contributed by atoms with Crippen LogP contribution < -0.4 is 5.73 Å². The van der Waals surface area contributed by atoms with Crippen molar-refractivity contribution in [1.29, 1.82) is 0 Å². The molecule has 104 valence electrons. The van der Waals surface area contributed by atoms with Crippen LogP contribution in [-0.4, -0.2) is 10.7 Å². The number of hydrogen-bond donors (Lipinski definition) is 1. The second kappa shape index (κ2) is 7.07. The van der Waals surface area contributed by atoms with Gasteiger partial charge in [0.1, 0.15) is 0 Å². The minimum absolute atomic E-state index is 0.138. The Morgan fingerprint density at radius 2 is 1.60 bits per heavy atom. The zero-order valence-electron chi connectivity index (χ0n) is 11.0. The van der Waals surface area contributed by atoms with Gasteiger partial charge in [-0.3, -0.25) is 10.1 Å². The normalized spacial score (nSPS) is 10.4. The second-order valence-electron chi connectivity index (χ2n) is 4.37. The summed E-state index contributed by atoms with van der Waals surface area (Å²) in [6.45, 7) is 0.563. The number of aryl methyl sites for hydroxylation is 1. The fourth-order valence-electron chi connectivity index (χ4n) is 1.79. The van der Waals surface area contributed by atoms with Crippen molar-refractivity contribution in [2.45, 2.75) is 17.9 Å². The van der Waals surface area contributed by atoms with Crippen LogP contribution in [0.4, 0.5) is 5.69 Å². The number of nitrogens with zero attached hydrogens (tertiary/aromatic N) is 1. The Hall–Kier alpha value is -1.85. The van der Waals surface area contributed by atoms with Gasteiger partial charge in [0.05, 0.1) is 4.92 Å². The van der Waals surface area contributed by atoms with Gasteiger partial charge in [-0.25, -0.2) is 0 Å². The molecule has 0 bridgehead atoms. The summed E-state index contributed by atoms with van der Waals surface area (Å²) >= 11 is 1.77. The number of rotatable bonds is 6. The van der Waals surface area contributed by atoms with Gasteiger partial charge in [-0.2, -0.15) is 0 Å².